The van der Waals surface area contributed by atoms with E-state index in [9.17, 15) is 13.2 Å². The van der Waals surface area contributed by atoms with Crippen LogP contribution in [0.3, 0.4) is 0 Å². The monoisotopic (exact) mass is 466 g/mol. The molecule has 1 atom stereocenters. The molecule has 32 heavy (non-hydrogen) atoms. The third kappa shape index (κ3) is 4.69. The van der Waals surface area contributed by atoms with E-state index in [1.54, 1.807) is 42.5 Å². The van der Waals surface area contributed by atoms with Crippen LogP contribution in [0.2, 0.25) is 0 Å². The molecule has 4 rings (SSSR count). The SMILES string of the molecule is CC(C)c1ccc(NC(=O)C(NS(=O)(=O)c2cccc3nsnc23)c2ccccc2)cc1. The fourth-order valence-corrected chi connectivity index (χ4v) is 5.25. The maximum Gasteiger partial charge on any atom is 0.247 e. The number of sulfonamides is 1. The van der Waals surface area contributed by atoms with E-state index >= 15 is 0 Å². The van der Waals surface area contributed by atoms with Crippen LogP contribution >= 0.6 is 11.7 Å². The number of aromatic nitrogens is 2. The number of rotatable bonds is 7. The van der Waals surface area contributed by atoms with Crippen LogP contribution in [-0.2, 0) is 14.8 Å². The smallest absolute Gasteiger partial charge is 0.247 e. The number of nitrogens with one attached hydrogen (secondary N) is 2. The number of carbonyl (C=O) groups excluding carboxylic acids is 1. The van der Waals surface area contributed by atoms with Crippen LogP contribution in [0.4, 0.5) is 5.69 Å². The molecule has 0 fully saturated rings. The molecule has 0 aliphatic carbocycles. The Labute approximate surface area is 190 Å². The average Bonchev–Trinajstić information content (AvgIpc) is 3.27. The lowest BCUT2D eigenvalue weighted by Crippen LogP contribution is -2.37. The Kier molecular flexibility index (Phi) is 6.31. The van der Waals surface area contributed by atoms with E-state index in [4.69, 9.17) is 0 Å². The van der Waals surface area contributed by atoms with Gasteiger partial charge in [-0.25, -0.2) is 8.42 Å². The number of fused-ring (bicyclic) bond motifs is 1. The van der Waals surface area contributed by atoms with Crippen molar-refractivity contribution < 1.29 is 13.2 Å². The first-order chi connectivity index (χ1) is 15.3. The predicted molar refractivity (Wildman–Crippen MR) is 126 cm³/mol. The fraction of sp³-hybridized carbons (Fsp3) is 0.174. The summed E-state index contributed by atoms with van der Waals surface area (Å²) in [6.45, 7) is 4.18. The number of amides is 1. The molecule has 7 nitrogen and oxygen atoms in total. The van der Waals surface area contributed by atoms with E-state index in [-0.39, 0.29) is 10.4 Å². The molecule has 1 aromatic heterocycles. The van der Waals surface area contributed by atoms with Crippen molar-refractivity contribution in [2.45, 2.75) is 30.7 Å². The van der Waals surface area contributed by atoms with E-state index in [0.717, 1.165) is 17.3 Å². The van der Waals surface area contributed by atoms with Crippen molar-refractivity contribution in [1.82, 2.24) is 13.5 Å². The van der Waals surface area contributed by atoms with Gasteiger partial charge in [0.1, 0.15) is 22.0 Å². The first-order valence-corrected chi connectivity index (χ1v) is 12.3. The Morgan fingerprint density at radius 3 is 2.28 bits per heavy atom. The quantitative estimate of drug-likeness (QED) is 0.418. The van der Waals surface area contributed by atoms with Crippen LogP contribution in [0.25, 0.3) is 11.0 Å². The number of hydrogen-bond donors (Lipinski definition) is 2. The van der Waals surface area contributed by atoms with Crippen LogP contribution in [0, 0.1) is 0 Å². The van der Waals surface area contributed by atoms with E-state index in [1.165, 1.54) is 6.07 Å². The van der Waals surface area contributed by atoms with Crippen LogP contribution in [0.5, 0.6) is 0 Å². The minimum absolute atomic E-state index is 0.0150. The van der Waals surface area contributed by atoms with Gasteiger partial charge in [-0.3, -0.25) is 4.79 Å². The van der Waals surface area contributed by atoms with E-state index in [2.05, 4.69) is 32.6 Å². The maximum absolute atomic E-state index is 13.3. The van der Waals surface area contributed by atoms with E-state index in [0.29, 0.717) is 22.7 Å². The van der Waals surface area contributed by atoms with Gasteiger partial charge in [0.15, 0.2) is 0 Å². The molecule has 2 N–H and O–H groups in total. The molecule has 1 amide bonds. The summed E-state index contributed by atoms with van der Waals surface area (Å²) in [6, 6.07) is 19.9. The van der Waals surface area contributed by atoms with E-state index in [1.807, 2.05) is 24.3 Å². The van der Waals surface area contributed by atoms with Crippen molar-refractivity contribution in [3.8, 4) is 0 Å². The molecule has 0 bridgehead atoms. The second-order valence-electron chi connectivity index (χ2n) is 7.62. The fourth-order valence-electron chi connectivity index (χ4n) is 3.30. The lowest BCUT2D eigenvalue weighted by molar-refractivity contribution is -0.117. The van der Waals surface area contributed by atoms with Crippen LogP contribution in [0.1, 0.15) is 36.9 Å². The molecule has 1 unspecified atom stereocenters. The van der Waals surface area contributed by atoms with Gasteiger partial charge in [-0.15, -0.1) is 0 Å². The molecular weight excluding hydrogens is 444 g/mol. The van der Waals surface area contributed by atoms with Crippen molar-refractivity contribution in [2.24, 2.45) is 0 Å². The lowest BCUT2D eigenvalue weighted by Gasteiger charge is -2.19. The first-order valence-electron chi connectivity index (χ1n) is 10.0. The van der Waals surface area contributed by atoms with Crippen molar-refractivity contribution in [3.63, 3.8) is 0 Å². The third-order valence-corrected chi connectivity index (χ3v) is 7.05. The molecule has 0 spiro atoms. The minimum Gasteiger partial charge on any atom is -0.324 e. The standard InChI is InChI=1S/C23H22N4O3S2/c1-15(2)16-11-13-18(14-12-16)24-23(28)21(17-7-4-3-5-8-17)27-32(29,30)20-10-6-9-19-22(20)26-31-25-19/h3-15,21,27H,1-2H3,(H,24,28). The van der Waals surface area contributed by atoms with Crippen LogP contribution < -0.4 is 10.0 Å². The zero-order valence-electron chi connectivity index (χ0n) is 17.5. The van der Waals surface area contributed by atoms with Gasteiger partial charge in [0.2, 0.25) is 15.9 Å². The first kappa shape index (κ1) is 22.1. The highest BCUT2D eigenvalue weighted by Crippen LogP contribution is 2.25. The number of carbonyl (C=O) groups is 1. The second kappa shape index (κ2) is 9.15. The van der Waals surface area contributed by atoms with Crippen molar-refractivity contribution in [3.05, 3.63) is 83.9 Å². The average molecular weight is 467 g/mol. The number of benzene rings is 3. The van der Waals surface area contributed by atoms with Crippen molar-refractivity contribution in [2.75, 3.05) is 5.32 Å². The van der Waals surface area contributed by atoms with Gasteiger partial charge in [0.25, 0.3) is 0 Å². The summed E-state index contributed by atoms with van der Waals surface area (Å²) in [4.78, 5) is 13.2. The second-order valence-corrected chi connectivity index (χ2v) is 9.83. The molecule has 4 aromatic rings. The van der Waals surface area contributed by atoms with Gasteiger partial charge < -0.3 is 5.32 Å². The van der Waals surface area contributed by atoms with Crippen molar-refractivity contribution in [1.29, 1.82) is 0 Å². The Morgan fingerprint density at radius 1 is 0.875 bits per heavy atom. The number of anilines is 1. The van der Waals surface area contributed by atoms with E-state index < -0.39 is 22.0 Å². The van der Waals surface area contributed by atoms with Gasteiger partial charge in [-0.2, -0.15) is 13.5 Å². The lowest BCUT2D eigenvalue weighted by atomic mass is 10.0. The molecule has 0 saturated carbocycles. The highest BCUT2D eigenvalue weighted by molar-refractivity contribution is 7.89. The predicted octanol–water partition coefficient (Wildman–Crippen LogP) is 4.47. The molecule has 0 aliphatic heterocycles. The summed E-state index contributed by atoms with van der Waals surface area (Å²) < 4.78 is 37.3. The summed E-state index contributed by atoms with van der Waals surface area (Å²) >= 11 is 0.938. The largest absolute Gasteiger partial charge is 0.324 e. The van der Waals surface area contributed by atoms with Crippen LogP contribution in [-0.4, -0.2) is 23.1 Å². The molecule has 0 radical (unpaired) electrons. The molecule has 9 heteroatoms. The molecular formula is C23H22N4O3S2. The zero-order valence-corrected chi connectivity index (χ0v) is 19.2. The van der Waals surface area contributed by atoms with Gasteiger partial charge in [-0.05, 0) is 41.3 Å². The summed E-state index contributed by atoms with van der Waals surface area (Å²) in [5, 5.41) is 2.82. The Hall–Kier alpha value is -3.14. The third-order valence-electron chi connectivity index (χ3n) is 5.05. The van der Waals surface area contributed by atoms with Gasteiger partial charge in [0.05, 0.1) is 11.7 Å². The highest BCUT2D eigenvalue weighted by atomic mass is 32.2. The minimum atomic E-state index is -4.07. The normalized spacial score (nSPS) is 12.7. The Morgan fingerprint density at radius 2 is 1.59 bits per heavy atom. The molecule has 0 saturated heterocycles. The molecule has 0 aliphatic rings. The Balaban J connectivity index is 1.65. The summed E-state index contributed by atoms with van der Waals surface area (Å²) in [5.41, 5.74) is 3.03. The topological polar surface area (TPSA) is 101 Å². The van der Waals surface area contributed by atoms with Gasteiger partial charge >= 0.3 is 0 Å². The van der Waals surface area contributed by atoms with Crippen LogP contribution in [0.15, 0.2) is 77.7 Å². The summed E-state index contributed by atoms with van der Waals surface area (Å²) in [7, 11) is -4.07. The molecule has 3 aromatic carbocycles. The molecule has 1 heterocycles. The number of nitrogens with zero attached hydrogens (tertiary/aromatic N) is 2. The maximum atomic E-state index is 13.3. The highest BCUT2D eigenvalue weighted by Gasteiger charge is 2.29. The van der Waals surface area contributed by atoms with Gasteiger partial charge in [-0.1, -0.05) is 62.4 Å². The molecule has 164 valence electrons. The van der Waals surface area contributed by atoms with Gasteiger partial charge in [0, 0.05) is 5.69 Å². The summed E-state index contributed by atoms with van der Waals surface area (Å²) in [6.07, 6.45) is 0. The number of hydrogen-bond acceptors (Lipinski definition) is 6. The van der Waals surface area contributed by atoms with Crippen molar-refractivity contribution >= 4 is 44.4 Å². The zero-order chi connectivity index (χ0) is 22.7. The summed E-state index contributed by atoms with van der Waals surface area (Å²) in [5.74, 6) is -0.118. The Bertz CT molecular complexity index is 1330.